The van der Waals surface area contributed by atoms with E-state index in [1.54, 1.807) is 24.0 Å². The lowest BCUT2D eigenvalue weighted by Gasteiger charge is -2.34. The average Bonchev–Trinajstić information content (AvgIpc) is 2.59. The molecule has 0 saturated carbocycles. The molecular formula is C19H19NO4. The Kier molecular flexibility index (Phi) is 4.25. The van der Waals surface area contributed by atoms with Crippen molar-refractivity contribution in [2.45, 2.75) is 26.5 Å². The highest BCUT2D eigenvalue weighted by Crippen LogP contribution is 2.43. The molecule has 0 fully saturated rings. The van der Waals surface area contributed by atoms with Crippen molar-refractivity contribution in [2.75, 3.05) is 12.0 Å². The fourth-order valence-corrected chi connectivity index (χ4v) is 2.83. The van der Waals surface area contributed by atoms with Gasteiger partial charge in [-0.2, -0.15) is 0 Å². The summed E-state index contributed by atoms with van der Waals surface area (Å²) in [5.41, 5.74) is 3.14. The molecule has 0 N–H and O–H groups in total. The number of methoxy groups -OCH3 is 1. The zero-order chi connectivity index (χ0) is 17.3. The Bertz CT molecular complexity index is 800. The summed E-state index contributed by atoms with van der Waals surface area (Å²) in [7, 11) is 1.51. The number of hydrogen-bond acceptors (Lipinski definition) is 4. The van der Waals surface area contributed by atoms with Crippen molar-refractivity contribution in [3.63, 3.8) is 0 Å². The van der Waals surface area contributed by atoms with Crippen LogP contribution < -0.4 is 14.4 Å². The topological polar surface area (TPSA) is 55.8 Å². The van der Waals surface area contributed by atoms with Crippen molar-refractivity contribution >= 4 is 17.9 Å². The Morgan fingerprint density at radius 3 is 2.71 bits per heavy atom. The van der Waals surface area contributed by atoms with E-state index >= 15 is 0 Å². The summed E-state index contributed by atoms with van der Waals surface area (Å²) < 4.78 is 11.1. The lowest BCUT2D eigenvalue weighted by molar-refractivity contribution is -0.125. The average molecular weight is 325 g/mol. The SMILES string of the molecule is COc1cc(C=O)cc2c1OC(C)C(=O)N2Cc1ccccc1C. The minimum atomic E-state index is -0.613. The highest BCUT2D eigenvalue weighted by molar-refractivity contribution is 6.01. The van der Waals surface area contributed by atoms with Crippen molar-refractivity contribution in [3.8, 4) is 11.5 Å². The van der Waals surface area contributed by atoms with Gasteiger partial charge < -0.3 is 14.4 Å². The Labute approximate surface area is 140 Å². The van der Waals surface area contributed by atoms with Gasteiger partial charge in [0.2, 0.25) is 0 Å². The van der Waals surface area contributed by atoms with E-state index in [0.29, 0.717) is 29.3 Å². The molecule has 0 radical (unpaired) electrons. The summed E-state index contributed by atoms with van der Waals surface area (Å²) in [6, 6.07) is 11.2. The number of aldehydes is 1. The molecule has 3 rings (SSSR count). The normalized spacial score (nSPS) is 16.4. The Balaban J connectivity index is 2.11. The molecular weight excluding hydrogens is 306 g/mol. The molecule has 1 amide bonds. The van der Waals surface area contributed by atoms with Gasteiger partial charge in [0, 0.05) is 5.56 Å². The van der Waals surface area contributed by atoms with Crippen LogP contribution >= 0.6 is 0 Å². The fourth-order valence-electron chi connectivity index (χ4n) is 2.83. The smallest absolute Gasteiger partial charge is 0.268 e. The molecule has 0 bridgehead atoms. The number of carbonyl (C=O) groups is 2. The summed E-state index contributed by atoms with van der Waals surface area (Å²) in [6.45, 7) is 4.13. The van der Waals surface area contributed by atoms with Gasteiger partial charge in [0.05, 0.1) is 19.3 Å². The second-order valence-corrected chi connectivity index (χ2v) is 5.80. The van der Waals surface area contributed by atoms with E-state index < -0.39 is 6.10 Å². The summed E-state index contributed by atoms with van der Waals surface area (Å²) >= 11 is 0. The molecule has 5 heteroatoms. The maximum Gasteiger partial charge on any atom is 0.268 e. The number of benzene rings is 2. The molecule has 5 nitrogen and oxygen atoms in total. The molecule has 0 aliphatic carbocycles. The third-order valence-corrected chi connectivity index (χ3v) is 4.20. The summed E-state index contributed by atoms with van der Waals surface area (Å²) in [5, 5.41) is 0. The van der Waals surface area contributed by atoms with Gasteiger partial charge in [-0.15, -0.1) is 0 Å². The van der Waals surface area contributed by atoms with E-state index in [4.69, 9.17) is 9.47 Å². The maximum absolute atomic E-state index is 12.7. The van der Waals surface area contributed by atoms with Crippen LogP contribution in [0.4, 0.5) is 5.69 Å². The first kappa shape index (κ1) is 16.1. The number of aryl methyl sites for hydroxylation is 1. The van der Waals surface area contributed by atoms with E-state index in [2.05, 4.69) is 0 Å². The van der Waals surface area contributed by atoms with Crippen molar-refractivity contribution in [3.05, 3.63) is 53.1 Å². The first-order chi connectivity index (χ1) is 11.5. The molecule has 1 heterocycles. The number of nitrogens with zero attached hydrogens (tertiary/aromatic N) is 1. The zero-order valence-corrected chi connectivity index (χ0v) is 13.9. The highest BCUT2D eigenvalue weighted by Gasteiger charge is 2.34. The van der Waals surface area contributed by atoms with E-state index in [-0.39, 0.29) is 5.91 Å². The minimum Gasteiger partial charge on any atom is -0.493 e. The first-order valence-electron chi connectivity index (χ1n) is 7.75. The van der Waals surface area contributed by atoms with E-state index in [1.165, 1.54) is 7.11 Å². The minimum absolute atomic E-state index is 0.143. The number of anilines is 1. The predicted octanol–water partition coefficient (Wildman–Crippen LogP) is 3.13. The van der Waals surface area contributed by atoms with Crippen molar-refractivity contribution in [2.24, 2.45) is 0 Å². The van der Waals surface area contributed by atoms with Crippen LogP contribution in [-0.2, 0) is 11.3 Å². The maximum atomic E-state index is 12.7. The van der Waals surface area contributed by atoms with Crippen LogP contribution in [0.5, 0.6) is 11.5 Å². The summed E-state index contributed by atoms with van der Waals surface area (Å²) in [6.07, 6.45) is 0.120. The fraction of sp³-hybridized carbons (Fsp3) is 0.263. The molecule has 24 heavy (non-hydrogen) atoms. The van der Waals surface area contributed by atoms with Crippen LogP contribution in [0, 0.1) is 6.92 Å². The van der Waals surface area contributed by atoms with Crippen LogP contribution in [0.2, 0.25) is 0 Å². The van der Waals surface area contributed by atoms with Gasteiger partial charge >= 0.3 is 0 Å². The number of amides is 1. The molecule has 124 valence electrons. The molecule has 0 saturated heterocycles. The summed E-state index contributed by atoms with van der Waals surface area (Å²) in [4.78, 5) is 25.6. The third kappa shape index (κ3) is 2.73. The molecule has 2 aromatic rings. The highest BCUT2D eigenvalue weighted by atomic mass is 16.5. The van der Waals surface area contributed by atoms with Gasteiger partial charge in [0.15, 0.2) is 17.6 Å². The second-order valence-electron chi connectivity index (χ2n) is 5.80. The second kappa shape index (κ2) is 6.35. The number of fused-ring (bicyclic) bond motifs is 1. The van der Waals surface area contributed by atoms with Gasteiger partial charge in [-0.05, 0) is 37.1 Å². The molecule has 1 aliphatic heterocycles. The Hall–Kier alpha value is -2.82. The van der Waals surface area contributed by atoms with Crippen molar-refractivity contribution in [1.29, 1.82) is 0 Å². The van der Waals surface area contributed by atoms with E-state index in [0.717, 1.165) is 17.4 Å². The monoisotopic (exact) mass is 325 g/mol. The quantitative estimate of drug-likeness (QED) is 0.811. The largest absolute Gasteiger partial charge is 0.493 e. The van der Waals surface area contributed by atoms with Crippen LogP contribution in [0.3, 0.4) is 0 Å². The number of rotatable bonds is 4. The van der Waals surface area contributed by atoms with Gasteiger partial charge in [-0.1, -0.05) is 24.3 Å². The molecule has 1 atom stereocenters. The lowest BCUT2D eigenvalue weighted by atomic mass is 10.1. The van der Waals surface area contributed by atoms with Gasteiger partial charge in [0.25, 0.3) is 5.91 Å². The van der Waals surface area contributed by atoms with Gasteiger partial charge in [-0.3, -0.25) is 9.59 Å². The Morgan fingerprint density at radius 1 is 1.29 bits per heavy atom. The third-order valence-electron chi connectivity index (χ3n) is 4.20. The number of carbonyl (C=O) groups excluding carboxylic acids is 2. The summed E-state index contributed by atoms with van der Waals surface area (Å²) in [5.74, 6) is 0.795. The van der Waals surface area contributed by atoms with Crippen molar-refractivity contribution < 1.29 is 19.1 Å². The van der Waals surface area contributed by atoms with Crippen LogP contribution in [0.1, 0.15) is 28.4 Å². The van der Waals surface area contributed by atoms with Crippen molar-refractivity contribution in [1.82, 2.24) is 0 Å². The predicted molar refractivity (Wildman–Crippen MR) is 90.8 cm³/mol. The number of hydrogen-bond donors (Lipinski definition) is 0. The van der Waals surface area contributed by atoms with Crippen LogP contribution in [-0.4, -0.2) is 25.4 Å². The van der Waals surface area contributed by atoms with Gasteiger partial charge in [-0.25, -0.2) is 0 Å². The molecule has 2 aromatic carbocycles. The first-order valence-corrected chi connectivity index (χ1v) is 7.75. The molecule has 1 unspecified atom stereocenters. The zero-order valence-electron chi connectivity index (χ0n) is 13.9. The van der Waals surface area contributed by atoms with Gasteiger partial charge in [0.1, 0.15) is 6.29 Å². The van der Waals surface area contributed by atoms with E-state index in [9.17, 15) is 9.59 Å². The molecule has 0 aromatic heterocycles. The standard InChI is InChI=1S/C19H19NO4/c1-12-6-4-5-7-15(12)10-20-16-8-14(11-21)9-17(23-3)18(16)24-13(2)19(20)22/h4-9,11,13H,10H2,1-3H3. The number of ether oxygens (including phenoxy) is 2. The Morgan fingerprint density at radius 2 is 2.04 bits per heavy atom. The van der Waals surface area contributed by atoms with Crippen LogP contribution in [0.15, 0.2) is 36.4 Å². The van der Waals surface area contributed by atoms with Crippen LogP contribution in [0.25, 0.3) is 0 Å². The molecule has 1 aliphatic rings. The molecule has 0 spiro atoms. The van der Waals surface area contributed by atoms with E-state index in [1.807, 2.05) is 31.2 Å². The lowest BCUT2D eigenvalue weighted by Crippen LogP contribution is -2.44.